The van der Waals surface area contributed by atoms with Crippen molar-refractivity contribution < 1.29 is 14.2 Å². The van der Waals surface area contributed by atoms with Gasteiger partial charge in [-0.1, -0.05) is 60.7 Å². The standard InChI is InChI=1S/C23H21NO3/c1-3-7-18(8-4-1)16-26-21-13-20(23-24-11-12-25-23)14-22(15-21)27-17-19-9-5-2-6-10-19/h1-10,13-15H,11-12,16-17H2. The summed E-state index contributed by atoms with van der Waals surface area (Å²) >= 11 is 0. The highest BCUT2D eigenvalue weighted by molar-refractivity contribution is 5.95. The quantitative estimate of drug-likeness (QED) is 0.618. The predicted molar refractivity (Wildman–Crippen MR) is 105 cm³/mol. The van der Waals surface area contributed by atoms with Crippen LogP contribution in [0.3, 0.4) is 0 Å². The van der Waals surface area contributed by atoms with E-state index in [1.165, 1.54) is 0 Å². The molecule has 0 atom stereocenters. The lowest BCUT2D eigenvalue weighted by molar-refractivity contribution is 0.289. The monoisotopic (exact) mass is 359 g/mol. The van der Waals surface area contributed by atoms with Gasteiger partial charge in [0.15, 0.2) is 0 Å². The van der Waals surface area contributed by atoms with E-state index in [0.29, 0.717) is 32.3 Å². The van der Waals surface area contributed by atoms with Crippen molar-refractivity contribution in [3.8, 4) is 11.5 Å². The van der Waals surface area contributed by atoms with E-state index in [0.717, 1.165) is 28.2 Å². The van der Waals surface area contributed by atoms with Gasteiger partial charge in [-0.3, -0.25) is 0 Å². The van der Waals surface area contributed by atoms with Crippen molar-refractivity contribution in [2.75, 3.05) is 13.2 Å². The summed E-state index contributed by atoms with van der Waals surface area (Å²) in [6, 6.07) is 26.0. The summed E-state index contributed by atoms with van der Waals surface area (Å²) in [6.07, 6.45) is 0. The first-order valence-corrected chi connectivity index (χ1v) is 9.03. The number of aliphatic imine (C=N–C) groups is 1. The summed E-state index contributed by atoms with van der Waals surface area (Å²) in [5.41, 5.74) is 3.11. The van der Waals surface area contributed by atoms with E-state index in [1.54, 1.807) is 0 Å². The molecule has 1 aliphatic rings. The summed E-state index contributed by atoms with van der Waals surface area (Å²) in [5.74, 6) is 2.11. The maximum atomic E-state index is 5.99. The van der Waals surface area contributed by atoms with Crippen LogP contribution < -0.4 is 9.47 Å². The van der Waals surface area contributed by atoms with E-state index < -0.39 is 0 Å². The molecule has 4 rings (SSSR count). The molecule has 0 saturated carbocycles. The van der Waals surface area contributed by atoms with Gasteiger partial charge >= 0.3 is 0 Å². The molecule has 0 unspecified atom stereocenters. The third kappa shape index (κ3) is 4.67. The molecule has 4 nitrogen and oxygen atoms in total. The summed E-state index contributed by atoms with van der Waals surface area (Å²) in [6.45, 7) is 2.29. The molecule has 0 aromatic heterocycles. The largest absolute Gasteiger partial charge is 0.489 e. The number of ether oxygens (including phenoxy) is 3. The first-order chi connectivity index (χ1) is 13.4. The summed E-state index contributed by atoms with van der Waals surface area (Å²) < 4.78 is 17.6. The van der Waals surface area contributed by atoms with E-state index in [4.69, 9.17) is 14.2 Å². The van der Waals surface area contributed by atoms with Gasteiger partial charge in [-0.05, 0) is 23.3 Å². The highest BCUT2D eigenvalue weighted by Crippen LogP contribution is 2.26. The summed E-state index contributed by atoms with van der Waals surface area (Å²) in [7, 11) is 0. The van der Waals surface area contributed by atoms with Crippen molar-refractivity contribution in [3.05, 3.63) is 95.6 Å². The Morgan fingerprint density at radius 3 is 1.78 bits per heavy atom. The number of hydrogen-bond donors (Lipinski definition) is 0. The van der Waals surface area contributed by atoms with Crippen LogP contribution in [0.4, 0.5) is 0 Å². The Kier molecular flexibility index (Phi) is 5.34. The minimum Gasteiger partial charge on any atom is -0.489 e. The second kappa shape index (κ2) is 8.41. The van der Waals surface area contributed by atoms with Gasteiger partial charge in [-0.25, -0.2) is 4.99 Å². The molecule has 3 aromatic rings. The zero-order chi connectivity index (χ0) is 18.3. The highest BCUT2D eigenvalue weighted by Gasteiger charge is 2.14. The Balaban J connectivity index is 1.53. The Bertz CT molecular complexity index is 846. The van der Waals surface area contributed by atoms with Crippen molar-refractivity contribution in [1.29, 1.82) is 0 Å². The molecule has 0 fully saturated rings. The average Bonchev–Trinajstić information content (AvgIpc) is 3.27. The van der Waals surface area contributed by atoms with Crippen LogP contribution in [0.25, 0.3) is 0 Å². The van der Waals surface area contributed by atoms with E-state index in [1.807, 2.05) is 78.9 Å². The minimum atomic E-state index is 0.496. The van der Waals surface area contributed by atoms with Crippen molar-refractivity contribution in [3.63, 3.8) is 0 Å². The summed E-state index contributed by atoms with van der Waals surface area (Å²) in [5, 5.41) is 0. The molecule has 136 valence electrons. The fraction of sp³-hybridized carbons (Fsp3) is 0.174. The minimum absolute atomic E-state index is 0.496. The maximum Gasteiger partial charge on any atom is 0.216 e. The highest BCUT2D eigenvalue weighted by atomic mass is 16.5. The lowest BCUT2D eigenvalue weighted by atomic mass is 10.2. The molecule has 0 spiro atoms. The summed E-state index contributed by atoms with van der Waals surface area (Å²) in [4.78, 5) is 4.41. The van der Waals surface area contributed by atoms with Crippen molar-refractivity contribution in [2.45, 2.75) is 13.2 Å². The Labute approximate surface area is 159 Å². The van der Waals surface area contributed by atoms with E-state index in [9.17, 15) is 0 Å². The molecular formula is C23H21NO3. The van der Waals surface area contributed by atoms with Crippen LogP contribution in [0, 0.1) is 0 Å². The zero-order valence-corrected chi connectivity index (χ0v) is 15.0. The zero-order valence-electron chi connectivity index (χ0n) is 15.0. The predicted octanol–water partition coefficient (Wildman–Crippen LogP) is 4.62. The van der Waals surface area contributed by atoms with Crippen molar-refractivity contribution in [1.82, 2.24) is 0 Å². The van der Waals surface area contributed by atoms with Crippen LogP contribution in [0.1, 0.15) is 16.7 Å². The average molecular weight is 359 g/mol. The molecular weight excluding hydrogens is 338 g/mol. The van der Waals surface area contributed by atoms with Gasteiger partial charge in [-0.15, -0.1) is 0 Å². The number of hydrogen-bond acceptors (Lipinski definition) is 4. The van der Waals surface area contributed by atoms with Gasteiger partial charge in [0.25, 0.3) is 0 Å². The van der Waals surface area contributed by atoms with E-state index in [2.05, 4.69) is 4.99 Å². The van der Waals surface area contributed by atoms with Gasteiger partial charge in [0.1, 0.15) is 31.3 Å². The lowest BCUT2D eigenvalue weighted by Gasteiger charge is -2.13. The number of rotatable bonds is 7. The molecule has 27 heavy (non-hydrogen) atoms. The van der Waals surface area contributed by atoms with E-state index >= 15 is 0 Å². The van der Waals surface area contributed by atoms with Crippen LogP contribution in [0.5, 0.6) is 11.5 Å². The van der Waals surface area contributed by atoms with Gasteiger partial charge in [0.05, 0.1) is 6.54 Å². The van der Waals surface area contributed by atoms with E-state index in [-0.39, 0.29) is 0 Å². The fourth-order valence-electron chi connectivity index (χ4n) is 2.85. The smallest absolute Gasteiger partial charge is 0.216 e. The first-order valence-electron chi connectivity index (χ1n) is 9.03. The molecule has 0 N–H and O–H groups in total. The van der Waals surface area contributed by atoms with Crippen LogP contribution in [-0.2, 0) is 18.0 Å². The first kappa shape index (κ1) is 17.2. The molecule has 0 amide bonds. The second-order valence-electron chi connectivity index (χ2n) is 6.28. The molecule has 0 aliphatic carbocycles. The molecule has 0 radical (unpaired) electrons. The molecule has 0 saturated heterocycles. The van der Waals surface area contributed by atoms with Crippen LogP contribution in [0.2, 0.25) is 0 Å². The maximum absolute atomic E-state index is 5.99. The van der Waals surface area contributed by atoms with Crippen molar-refractivity contribution in [2.24, 2.45) is 4.99 Å². The third-order valence-corrected chi connectivity index (χ3v) is 4.21. The molecule has 0 bridgehead atoms. The van der Waals surface area contributed by atoms with Gasteiger partial charge in [0.2, 0.25) is 5.90 Å². The molecule has 4 heteroatoms. The molecule has 3 aromatic carbocycles. The van der Waals surface area contributed by atoms with Crippen molar-refractivity contribution >= 4 is 5.90 Å². The SMILES string of the molecule is c1ccc(COc2cc(OCc3ccccc3)cc(C3=NCCO3)c2)cc1. The second-order valence-corrected chi connectivity index (χ2v) is 6.28. The Morgan fingerprint density at radius 2 is 1.30 bits per heavy atom. The third-order valence-electron chi connectivity index (χ3n) is 4.21. The van der Waals surface area contributed by atoms with Gasteiger partial charge in [0, 0.05) is 11.6 Å². The number of nitrogens with zero attached hydrogens (tertiary/aromatic N) is 1. The Morgan fingerprint density at radius 1 is 0.741 bits per heavy atom. The lowest BCUT2D eigenvalue weighted by Crippen LogP contribution is -2.04. The van der Waals surface area contributed by atoms with Crippen LogP contribution >= 0.6 is 0 Å². The molecule has 1 heterocycles. The fourth-order valence-corrected chi connectivity index (χ4v) is 2.85. The molecule has 1 aliphatic heterocycles. The topological polar surface area (TPSA) is 40.0 Å². The van der Waals surface area contributed by atoms with Gasteiger partial charge in [-0.2, -0.15) is 0 Å². The van der Waals surface area contributed by atoms with Crippen LogP contribution in [0.15, 0.2) is 83.9 Å². The normalized spacial score (nSPS) is 13.0. The van der Waals surface area contributed by atoms with Crippen LogP contribution in [-0.4, -0.2) is 19.0 Å². The van der Waals surface area contributed by atoms with Gasteiger partial charge < -0.3 is 14.2 Å². The Hall–Kier alpha value is -3.27. The number of benzene rings is 3.